The van der Waals surface area contributed by atoms with Gasteiger partial charge in [-0.15, -0.1) is 0 Å². The fraction of sp³-hybridized carbons (Fsp3) is 0.0667. The van der Waals surface area contributed by atoms with E-state index in [1.807, 2.05) is 6.92 Å². The maximum atomic E-state index is 12.8. The smallest absolute Gasteiger partial charge is 0.269 e. The molecule has 22 heavy (non-hydrogen) atoms. The van der Waals surface area contributed by atoms with Gasteiger partial charge in [0.1, 0.15) is 0 Å². The zero-order valence-electron chi connectivity index (χ0n) is 11.6. The van der Waals surface area contributed by atoms with Crippen LogP contribution >= 0.6 is 0 Å². The molecule has 1 radical (unpaired) electrons. The molecule has 7 heteroatoms. The molecular weight excluding hydrogens is 300 g/mol. The summed E-state index contributed by atoms with van der Waals surface area (Å²) in [6.07, 6.45) is 7.49. The van der Waals surface area contributed by atoms with E-state index < -0.39 is 10.0 Å². The molecule has 6 nitrogen and oxygen atoms in total. The van der Waals surface area contributed by atoms with Crippen molar-refractivity contribution in [2.75, 3.05) is 0 Å². The van der Waals surface area contributed by atoms with E-state index in [2.05, 4.69) is 16.3 Å². The van der Waals surface area contributed by atoms with Gasteiger partial charge in [-0.2, -0.15) is 0 Å². The molecule has 4 aromatic rings. The van der Waals surface area contributed by atoms with Gasteiger partial charge in [-0.1, -0.05) is 17.7 Å². The van der Waals surface area contributed by atoms with Crippen LogP contribution in [-0.4, -0.2) is 26.8 Å². The number of rotatable bonds is 2. The maximum Gasteiger partial charge on any atom is 0.269 e. The Kier molecular flexibility index (Phi) is 2.61. The second kappa shape index (κ2) is 4.41. The summed E-state index contributed by atoms with van der Waals surface area (Å²) in [4.78, 5) is 8.41. The average Bonchev–Trinajstić information content (AvgIpc) is 3.13. The summed E-state index contributed by atoms with van der Waals surface area (Å²) >= 11 is 0. The van der Waals surface area contributed by atoms with Gasteiger partial charge in [-0.25, -0.2) is 22.4 Å². The molecule has 0 fully saturated rings. The summed E-state index contributed by atoms with van der Waals surface area (Å²) in [7, 11) is -3.68. The number of hydrogen-bond acceptors (Lipinski definition) is 4. The fourth-order valence-corrected chi connectivity index (χ4v) is 3.69. The van der Waals surface area contributed by atoms with E-state index >= 15 is 0 Å². The van der Waals surface area contributed by atoms with E-state index in [4.69, 9.17) is 0 Å². The lowest BCUT2D eigenvalue weighted by molar-refractivity contribution is 0.588. The molecule has 1 aromatic carbocycles. The van der Waals surface area contributed by atoms with Crippen LogP contribution in [0.15, 0.2) is 53.8 Å². The molecule has 109 valence electrons. The minimum absolute atomic E-state index is 0.229. The first-order chi connectivity index (χ1) is 10.6. The topological polar surface area (TPSA) is 69.3 Å². The maximum absolute atomic E-state index is 12.8. The van der Waals surface area contributed by atoms with Crippen LogP contribution in [0, 0.1) is 13.3 Å². The fourth-order valence-electron chi connectivity index (χ4n) is 2.39. The van der Waals surface area contributed by atoms with Crippen molar-refractivity contribution >= 4 is 26.7 Å². The van der Waals surface area contributed by atoms with Crippen LogP contribution in [0.5, 0.6) is 0 Å². The Morgan fingerprint density at radius 1 is 1.09 bits per heavy atom. The zero-order chi connectivity index (χ0) is 15.3. The third-order valence-corrected chi connectivity index (χ3v) is 5.24. The van der Waals surface area contributed by atoms with Gasteiger partial charge in [-0.3, -0.25) is 4.40 Å². The van der Waals surface area contributed by atoms with Crippen molar-refractivity contribution in [1.29, 1.82) is 0 Å². The van der Waals surface area contributed by atoms with Gasteiger partial charge >= 0.3 is 0 Å². The molecule has 0 bridgehead atoms. The van der Waals surface area contributed by atoms with Crippen molar-refractivity contribution in [2.45, 2.75) is 11.8 Å². The Morgan fingerprint density at radius 3 is 2.64 bits per heavy atom. The van der Waals surface area contributed by atoms with Crippen molar-refractivity contribution < 1.29 is 8.42 Å². The molecule has 0 N–H and O–H groups in total. The van der Waals surface area contributed by atoms with Crippen LogP contribution in [0.3, 0.4) is 0 Å². The molecule has 0 aliphatic rings. The average molecular weight is 311 g/mol. The SMILES string of the molecule is Cc1ccc(S(=O)(=O)n2ccc3c2ncc2cn[c]n23)cc1. The van der Waals surface area contributed by atoms with Crippen molar-refractivity contribution in [3.8, 4) is 0 Å². The summed E-state index contributed by atoms with van der Waals surface area (Å²) < 4.78 is 28.4. The molecule has 0 aliphatic heterocycles. The summed E-state index contributed by atoms with van der Waals surface area (Å²) in [5, 5.41) is 0. The Bertz CT molecular complexity index is 1090. The first-order valence-electron chi connectivity index (χ1n) is 6.61. The van der Waals surface area contributed by atoms with Gasteiger partial charge < -0.3 is 0 Å². The van der Waals surface area contributed by atoms with Crippen LogP contribution in [0.2, 0.25) is 0 Å². The van der Waals surface area contributed by atoms with E-state index in [9.17, 15) is 8.42 Å². The molecule has 3 heterocycles. The van der Waals surface area contributed by atoms with Gasteiger partial charge in [-0.05, 0) is 25.1 Å². The summed E-state index contributed by atoms with van der Waals surface area (Å²) in [5.41, 5.74) is 2.76. The van der Waals surface area contributed by atoms with Crippen molar-refractivity contribution in [2.24, 2.45) is 0 Å². The Balaban J connectivity index is 1.99. The Labute approximate surface area is 126 Å². The van der Waals surface area contributed by atoms with Crippen LogP contribution in [-0.2, 0) is 10.0 Å². The lowest BCUT2D eigenvalue weighted by Gasteiger charge is -2.07. The molecule has 0 spiro atoms. The standard InChI is InChI=1S/C15H11N4O2S/c1-11-2-4-13(5-3-11)22(20,21)19-7-6-14-15(19)17-9-12-8-16-10-18(12)14/h2-9H,1H3. The predicted octanol–water partition coefficient (Wildman–Crippen LogP) is 2.03. The monoisotopic (exact) mass is 311 g/mol. The molecule has 0 atom stereocenters. The second-order valence-corrected chi connectivity index (χ2v) is 6.83. The highest BCUT2D eigenvalue weighted by Crippen LogP contribution is 2.21. The van der Waals surface area contributed by atoms with Gasteiger partial charge in [0, 0.05) is 6.20 Å². The number of nitrogens with zero attached hydrogens (tertiary/aromatic N) is 4. The van der Waals surface area contributed by atoms with Crippen LogP contribution < -0.4 is 0 Å². The first-order valence-corrected chi connectivity index (χ1v) is 8.05. The highest BCUT2D eigenvalue weighted by Gasteiger charge is 2.20. The number of benzene rings is 1. The van der Waals surface area contributed by atoms with Gasteiger partial charge in [0.2, 0.25) is 0 Å². The lowest BCUT2D eigenvalue weighted by Crippen LogP contribution is -2.12. The molecule has 0 aliphatic carbocycles. The third-order valence-electron chi connectivity index (χ3n) is 3.56. The molecule has 0 unspecified atom stereocenters. The van der Waals surface area contributed by atoms with Gasteiger partial charge in [0.15, 0.2) is 12.0 Å². The van der Waals surface area contributed by atoms with Gasteiger partial charge in [0.25, 0.3) is 10.0 Å². The van der Waals surface area contributed by atoms with Crippen molar-refractivity contribution in [3.63, 3.8) is 0 Å². The zero-order valence-corrected chi connectivity index (χ0v) is 12.4. The summed E-state index contributed by atoms with van der Waals surface area (Å²) in [6.45, 7) is 1.91. The van der Waals surface area contributed by atoms with Crippen molar-refractivity contribution in [3.05, 3.63) is 60.8 Å². The van der Waals surface area contributed by atoms with E-state index in [-0.39, 0.29) is 4.90 Å². The minimum Gasteiger partial charge on any atom is -0.285 e. The number of hydrogen-bond donors (Lipinski definition) is 0. The normalized spacial score (nSPS) is 12.2. The molecule has 0 saturated carbocycles. The number of fused-ring (bicyclic) bond motifs is 3. The van der Waals surface area contributed by atoms with Crippen LogP contribution in [0.1, 0.15) is 5.56 Å². The molecular formula is C15H11N4O2S. The number of imidazole rings is 1. The molecule has 3 aromatic heterocycles. The predicted molar refractivity (Wildman–Crippen MR) is 81.1 cm³/mol. The van der Waals surface area contributed by atoms with E-state index in [0.717, 1.165) is 11.1 Å². The first kappa shape index (κ1) is 13.0. The highest BCUT2D eigenvalue weighted by molar-refractivity contribution is 7.90. The van der Waals surface area contributed by atoms with Crippen LogP contribution in [0.4, 0.5) is 0 Å². The number of aromatic nitrogens is 4. The molecule has 0 saturated heterocycles. The van der Waals surface area contributed by atoms with Crippen LogP contribution in [0.25, 0.3) is 16.7 Å². The van der Waals surface area contributed by atoms with E-state index in [1.54, 1.807) is 47.1 Å². The Morgan fingerprint density at radius 2 is 1.86 bits per heavy atom. The second-order valence-electron chi connectivity index (χ2n) is 5.02. The van der Waals surface area contributed by atoms with E-state index in [0.29, 0.717) is 11.2 Å². The van der Waals surface area contributed by atoms with E-state index in [1.165, 1.54) is 10.2 Å². The van der Waals surface area contributed by atoms with Crippen molar-refractivity contribution in [1.82, 2.24) is 18.3 Å². The minimum atomic E-state index is -3.68. The molecule has 0 amide bonds. The highest BCUT2D eigenvalue weighted by atomic mass is 32.2. The van der Waals surface area contributed by atoms with Gasteiger partial charge in [0.05, 0.1) is 28.3 Å². The summed E-state index contributed by atoms with van der Waals surface area (Å²) in [5.74, 6) is 0. The Hall–Kier alpha value is -2.67. The lowest BCUT2D eigenvalue weighted by atomic mass is 10.2. The number of aryl methyl sites for hydroxylation is 1. The molecule has 4 rings (SSSR count). The summed E-state index contributed by atoms with van der Waals surface area (Å²) in [6, 6.07) is 8.43. The third kappa shape index (κ3) is 1.75. The largest absolute Gasteiger partial charge is 0.285 e. The quantitative estimate of drug-likeness (QED) is 0.568.